The van der Waals surface area contributed by atoms with E-state index in [2.05, 4.69) is 22.8 Å². The molecule has 0 aliphatic carbocycles. The Hall–Kier alpha value is -2.30. The number of esters is 1. The second-order valence-electron chi connectivity index (χ2n) is 6.23. The van der Waals surface area contributed by atoms with E-state index in [-0.39, 0.29) is 17.8 Å². The Morgan fingerprint density at radius 2 is 1.92 bits per heavy atom. The van der Waals surface area contributed by atoms with Gasteiger partial charge >= 0.3 is 5.97 Å². The van der Waals surface area contributed by atoms with Crippen molar-refractivity contribution in [3.63, 3.8) is 0 Å². The van der Waals surface area contributed by atoms with Gasteiger partial charge in [-0.1, -0.05) is 18.2 Å². The van der Waals surface area contributed by atoms with Gasteiger partial charge in [0.25, 0.3) is 0 Å². The summed E-state index contributed by atoms with van der Waals surface area (Å²) in [7, 11) is 0. The molecule has 0 N–H and O–H groups in total. The van der Waals surface area contributed by atoms with Gasteiger partial charge in [0.2, 0.25) is 5.91 Å². The minimum Gasteiger partial charge on any atom is -0.466 e. The molecule has 0 atom stereocenters. The second kappa shape index (κ2) is 7.51. The molecule has 1 amide bonds. The van der Waals surface area contributed by atoms with E-state index >= 15 is 0 Å². The van der Waals surface area contributed by atoms with Crippen LogP contribution in [0.1, 0.15) is 26.2 Å². The number of rotatable bonds is 5. The third-order valence-corrected chi connectivity index (χ3v) is 4.71. The number of aromatic nitrogens is 1. The van der Waals surface area contributed by atoms with Gasteiger partial charge < -0.3 is 14.2 Å². The average molecular weight is 328 g/mol. The molecular weight excluding hydrogens is 304 g/mol. The number of fused-ring (bicyclic) bond motifs is 1. The molecule has 0 unspecified atom stereocenters. The van der Waals surface area contributed by atoms with E-state index in [9.17, 15) is 9.59 Å². The molecule has 0 bridgehead atoms. The number of piperidine rings is 1. The first-order chi connectivity index (χ1) is 11.7. The van der Waals surface area contributed by atoms with Gasteiger partial charge in [-0.25, -0.2) is 0 Å². The van der Waals surface area contributed by atoms with Crippen molar-refractivity contribution >= 4 is 22.8 Å². The maximum atomic E-state index is 12.4. The van der Waals surface area contributed by atoms with Crippen LogP contribution in [0.15, 0.2) is 36.5 Å². The molecule has 3 rings (SSSR count). The molecule has 0 saturated carbocycles. The normalized spacial score (nSPS) is 15.6. The van der Waals surface area contributed by atoms with E-state index < -0.39 is 0 Å². The van der Waals surface area contributed by atoms with E-state index in [1.54, 1.807) is 0 Å². The van der Waals surface area contributed by atoms with Crippen LogP contribution < -0.4 is 0 Å². The lowest BCUT2D eigenvalue weighted by Gasteiger charge is -2.31. The zero-order valence-electron chi connectivity index (χ0n) is 14.1. The van der Waals surface area contributed by atoms with Gasteiger partial charge in [-0.05, 0) is 37.3 Å². The Morgan fingerprint density at radius 1 is 1.17 bits per heavy atom. The van der Waals surface area contributed by atoms with Crippen LogP contribution in [0.25, 0.3) is 10.9 Å². The van der Waals surface area contributed by atoms with Crippen LogP contribution in [-0.4, -0.2) is 41.0 Å². The summed E-state index contributed by atoms with van der Waals surface area (Å²) in [6, 6.07) is 10.3. The first-order valence-electron chi connectivity index (χ1n) is 8.67. The van der Waals surface area contributed by atoms with Gasteiger partial charge in [0.15, 0.2) is 0 Å². The van der Waals surface area contributed by atoms with Crippen molar-refractivity contribution in [3.8, 4) is 0 Å². The molecule has 2 heterocycles. The zero-order chi connectivity index (χ0) is 16.9. The Morgan fingerprint density at radius 3 is 2.67 bits per heavy atom. The molecule has 1 aromatic heterocycles. The van der Waals surface area contributed by atoms with Crippen molar-refractivity contribution in [2.45, 2.75) is 32.7 Å². The van der Waals surface area contributed by atoms with Crippen LogP contribution in [0.3, 0.4) is 0 Å². The molecule has 24 heavy (non-hydrogen) atoms. The number of nitrogens with zero attached hydrogens (tertiary/aromatic N) is 2. The highest BCUT2D eigenvalue weighted by Gasteiger charge is 2.27. The fourth-order valence-corrected chi connectivity index (χ4v) is 3.33. The second-order valence-corrected chi connectivity index (χ2v) is 6.23. The van der Waals surface area contributed by atoms with Gasteiger partial charge in [0.05, 0.1) is 12.5 Å². The first-order valence-corrected chi connectivity index (χ1v) is 8.67. The number of hydrogen-bond donors (Lipinski definition) is 0. The number of benzene rings is 1. The third-order valence-electron chi connectivity index (χ3n) is 4.71. The van der Waals surface area contributed by atoms with E-state index in [0.717, 1.165) is 5.52 Å². The van der Waals surface area contributed by atoms with Crippen molar-refractivity contribution in [1.82, 2.24) is 9.47 Å². The molecule has 1 saturated heterocycles. The van der Waals surface area contributed by atoms with Crippen molar-refractivity contribution in [1.29, 1.82) is 0 Å². The fourth-order valence-electron chi connectivity index (χ4n) is 3.33. The highest BCUT2D eigenvalue weighted by molar-refractivity contribution is 5.81. The van der Waals surface area contributed by atoms with Crippen LogP contribution in [0.2, 0.25) is 0 Å². The van der Waals surface area contributed by atoms with Crippen LogP contribution in [0, 0.1) is 5.92 Å². The smallest absolute Gasteiger partial charge is 0.309 e. The van der Waals surface area contributed by atoms with E-state index in [4.69, 9.17) is 4.74 Å². The van der Waals surface area contributed by atoms with E-state index in [1.807, 2.05) is 30.2 Å². The molecular formula is C19H24N2O3. The summed E-state index contributed by atoms with van der Waals surface area (Å²) in [5.74, 6) is -0.0131. The first kappa shape index (κ1) is 16.6. The maximum absolute atomic E-state index is 12.4. The molecule has 1 aromatic carbocycles. The number of amides is 1. The van der Waals surface area contributed by atoms with Gasteiger partial charge in [-0.3, -0.25) is 9.59 Å². The molecule has 0 spiro atoms. The number of aryl methyl sites for hydroxylation is 1. The highest BCUT2D eigenvalue weighted by atomic mass is 16.5. The van der Waals surface area contributed by atoms with Crippen molar-refractivity contribution < 1.29 is 14.3 Å². The van der Waals surface area contributed by atoms with Gasteiger partial charge in [0, 0.05) is 37.8 Å². The number of likely N-dealkylation sites (tertiary alicyclic amines) is 1. The SMILES string of the molecule is CCOC(=O)C1CCN(C(=O)CCn2ccc3ccccc32)CC1. The van der Waals surface area contributed by atoms with Crippen LogP contribution in [-0.2, 0) is 20.9 Å². The zero-order valence-corrected chi connectivity index (χ0v) is 14.1. The summed E-state index contributed by atoms with van der Waals surface area (Å²) in [6.07, 6.45) is 3.93. The third kappa shape index (κ3) is 3.61. The molecule has 5 heteroatoms. The number of para-hydroxylation sites is 1. The number of carbonyl (C=O) groups excluding carboxylic acids is 2. The van der Waals surface area contributed by atoms with Crippen LogP contribution in [0.5, 0.6) is 0 Å². The highest BCUT2D eigenvalue weighted by Crippen LogP contribution is 2.20. The molecule has 128 valence electrons. The Bertz CT molecular complexity index is 714. The maximum Gasteiger partial charge on any atom is 0.309 e. The summed E-state index contributed by atoms with van der Waals surface area (Å²) in [4.78, 5) is 26.1. The Balaban J connectivity index is 1.50. The van der Waals surface area contributed by atoms with Crippen molar-refractivity contribution in [3.05, 3.63) is 36.5 Å². The molecule has 5 nitrogen and oxygen atoms in total. The van der Waals surface area contributed by atoms with Crippen molar-refractivity contribution in [2.24, 2.45) is 5.92 Å². The molecule has 1 fully saturated rings. The quantitative estimate of drug-likeness (QED) is 0.793. The average Bonchev–Trinajstić information content (AvgIpc) is 3.03. The molecule has 2 aromatic rings. The van der Waals surface area contributed by atoms with Gasteiger partial charge in [0.1, 0.15) is 0 Å². The predicted octanol–water partition coefficient (Wildman–Crippen LogP) is 2.83. The number of ether oxygens (including phenoxy) is 1. The van der Waals surface area contributed by atoms with Crippen LogP contribution in [0.4, 0.5) is 0 Å². The van der Waals surface area contributed by atoms with E-state index in [0.29, 0.717) is 45.5 Å². The lowest BCUT2D eigenvalue weighted by atomic mass is 9.97. The minimum absolute atomic E-state index is 0.0533. The minimum atomic E-state index is -0.122. The summed E-state index contributed by atoms with van der Waals surface area (Å²) < 4.78 is 7.19. The lowest BCUT2D eigenvalue weighted by Crippen LogP contribution is -2.40. The number of carbonyl (C=O) groups is 2. The van der Waals surface area contributed by atoms with Gasteiger partial charge in [-0.15, -0.1) is 0 Å². The standard InChI is InChI=1S/C19H24N2O3/c1-2-24-19(23)16-8-12-21(13-9-16)18(22)10-14-20-11-7-15-5-3-4-6-17(15)20/h3-7,11,16H,2,8-10,12-14H2,1H3. The summed E-state index contributed by atoms with van der Waals surface area (Å²) in [5.41, 5.74) is 1.16. The van der Waals surface area contributed by atoms with Gasteiger partial charge in [-0.2, -0.15) is 0 Å². The molecule has 0 radical (unpaired) electrons. The monoisotopic (exact) mass is 328 g/mol. The Kier molecular flexibility index (Phi) is 5.18. The summed E-state index contributed by atoms with van der Waals surface area (Å²) >= 11 is 0. The Labute approximate surface area is 142 Å². The predicted molar refractivity (Wildman–Crippen MR) is 92.5 cm³/mol. The van der Waals surface area contributed by atoms with Crippen LogP contribution >= 0.6 is 0 Å². The van der Waals surface area contributed by atoms with E-state index in [1.165, 1.54) is 5.39 Å². The molecule has 1 aliphatic heterocycles. The number of hydrogen-bond acceptors (Lipinski definition) is 3. The topological polar surface area (TPSA) is 51.5 Å². The van der Waals surface area contributed by atoms with Crippen molar-refractivity contribution in [2.75, 3.05) is 19.7 Å². The fraction of sp³-hybridized carbons (Fsp3) is 0.474. The summed E-state index contributed by atoms with van der Waals surface area (Å²) in [5, 5.41) is 1.19. The largest absolute Gasteiger partial charge is 0.466 e. The summed E-state index contributed by atoms with van der Waals surface area (Å²) in [6.45, 7) is 4.22. The molecule has 1 aliphatic rings. The lowest BCUT2D eigenvalue weighted by molar-refractivity contribution is -0.151.